The van der Waals surface area contributed by atoms with Crippen LogP contribution in [-0.4, -0.2) is 12.2 Å². The lowest BCUT2D eigenvalue weighted by Crippen LogP contribution is -2.06. The van der Waals surface area contributed by atoms with E-state index < -0.39 is 11.7 Å². The highest BCUT2D eigenvalue weighted by atomic mass is 35.5. The van der Waals surface area contributed by atoms with Crippen molar-refractivity contribution in [2.45, 2.75) is 6.18 Å². The van der Waals surface area contributed by atoms with Gasteiger partial charge in [0.25, 0.3) is 0 Å². The van der Waals surface area contributed by atoms with Crippen LogP contribution in [0.1, 0.15) is 21.5 Å². The second kappa shape index (κ2) is 5.04. The number of hydrogen-bond donors (Lipinski definition) is 0. The van der Waals surface area contributed by atoms with E-state index in [9.17, 15) is 18.0 Å². The summed E-state index contributed by atoms with van der Waals surface area (Å²) in [5.74, 6) is 5.04. The van der Waals surface area contributed by atoms with Crippen LogP contribution in [0.15, 0.2) is 18.2 Å². The molecule has 0 bridgehead atoms. The maximum Gasteiger partial charge on any atom is 0.416 e. The van der Waals surface area contributed by atoms with Gasteiger partial charge in [0, 0.05) is 11.1 Å². The van der Waals surface area contributed by atoms with E-state index in [0.717, 1.165) is 18.2 Å². The monoisotopic (exact) mass is 246 g/mol. The van der Waals surface area contributed by atoms with Crippen molar-refractivity contribution in [3.63, 3.8) is 0 Å². The van der Waals surface area contributed by atoms with Crippen molar-refractivity contribution in [1.82, 2.24) is 0 Å². The molecule has 0 heterocycles. The van der Waals surface area contributed by atoms with E-state index in [1.165, 1.54) is 0 Å². The Labute approximate surface area is 95.2 Å². The molecule has 0 aliphatic heterocycles. The minimum Gasteiger partial charge on any atom is -0.298 e. The SMILES string of the molecule is O=Cc1cc(C(F)(F)F)ccc1C#CCCl. The van der Waals surface area contributed by atoms with Crippen LogP contribution in [0.5, 0.6) is 0 Å². The molecule has 0 radical (unpaired) electrons. The Hall–Kier alpha value is -1.47. The minimum atomic E-state index is -4.46. The molecule has 1 aromatic rings. The molecule has 0 saturated heterocycles. The lowest BCUT2D eigenvalue weighted by Gasteiger charge is -2.07. The average Bonchev–Trinajstić information content (AvgIpc) is 2.24. The molecule has 0 aliphatic rings. The van der Waals surface area contributed by atoms with E-state index in [4.69, 9.17) is 11.6 Å². The first-order valence-corrected chi connectivity index (χ1v) is 4.73. The Balaban J connectivity index is 3.22. The van der Waals surface area contributed by atoms with Gasteiger partial charge in [-0.25, -0.2) is 0 Å². The lowest BCUT2D eigenvalue weighted by atomic mass is 10.0. The second-order valence-electron chi connectivity index (χ2n) is 2.85. The summed E-state index contributed by atoms with van der Waals surface area (Å²) in [4.78, 5) is 10.6. The van der Waals surface area contributed by atoms with Crippen molar-refractivity contribution in [2.24, 2.45) is 0 Å². The summed E-state index contributed by atoms with van der Waals surface area (Å²) in [7, 11) is 0. The number of halogens is 4. The van der Waals surface area contributed by atoms with Gasteiger partial charge in [0.1, 0.15) is 0 Å². The number of hydrogen-bond acceptors (Lipinski definition) is 1. The molecule has 0 saturated carbocycles. The van der Waals surface area contributed by atoms with E-state index >= 15 is 0 Å². The van der Waals surface area contributed by atoms with Crippen LogP contribution in [0.25, 0.3) is 0 Å². The number of carbonyl (C=O) groups excluding carboxylic acids is 1. The Morgan fingerprint density at radius 3 is 2.56 bits per heavy atom. The molecule has 0 aliphatic carbocycles. The van der Waals surface area contributed by atoms with Crippen LogP contribution < -0.4 is 0 Å². The third-order valence-corrected chi connectivity index (χ3v) is 1.93. The summed E-state index contributed by atoms with van der Waals surface area (Å²) < 4.78 is 36.9. The Morgan fingerprint density at radius 1 is 1.38 bits per heavy atom. The van der Waals surface area contributed by atoms with Crippen LogP contribution in [0.2, 0.25) is 0 Å². The van der Waals surface area contributed by atoms with Crippen LogP contribution in [-0.2, 0) is 6.18 Å². The molecule has 0 aromatic heterocycles. The summed E-state index contributed by atoms with van der Waals surface area (Å²) in [6.45, 7) is 0. The molecule has 0 fully saturated rings. The molecule has 0 atom stereocenters. The highest BCUT2D eigenvalue weighted by molar-refractivity contribution is 6.19. The second-order valence-corrected chi connectivity index (χ2v) is 3.12. The highest BCUT2D eigenvalue weighted by Gasteiger charge is 2.30. The van der Waals surface area contributed by atoms with Crippen molar-refractivity contribution in [3.05, 3.63) is 34.9 Å². The summed E-state index contributed by atoms with van der Waals surface area (Å²) in [6.07, 6.45) is -4.12. The van der Waals surface area contributed by atoms with E-state index in [1.807, 2.05) is 0 Å². The fourth-order valence-corrected chi connectivity index (χ4v) is 1.15. The van der Waals surface area contributed by atoms with Gasteiger partial charge in [-0.1, -0.05) is 11.8 Å². The standard InChI is InChI=1S/C11H6ClF3O/c12-5-1-2-8-3-4-10(11(13,14)15)6-9(8)7-16/h3-4,6-7H,5H2. The van der Waals surface area contributed by atoms with Gasteiger partial charge in [-0.15, -0.1) is 11.6 Å². The average molecular weight is 247 g/mol. The third kappa shape index (κ3) is 3.01. The van der Waals surface area contributed by atoms with Gasteiger partial charge in [0.15, 0.2) is 6.29 Å². The molecule has 0 amide bonds. The van der Waals surface area contributed by atoms with E-state index in [1.54, 1.807) is 0 Å². The summed E-state index contributed by atoms with van der Waals surface area (Å²) in [5, 5.41) is 0. The quantitative estimate of drug-likeness (QED) is 0.423. The number of rotatable bonds is 1. The Morgan fingerprint density at radius 2 is 2.06 bits per heavy atom. The zero-order valence-corrected chi connectivity index (χ0v) is 8.69. The molecule has 84 valence electrons. The first-order chi connectivity index (χ1) is 7.49. The first kappa shape index (κ1) is 12.6. The van der Waals surface area contributed by atoms with Crippen LogP contribution >= 0.6 is 11.6 Å². The predicted octanol–water partition coefficient (Wildman–Crippen LogP) is 3.11. The van der Waals surface area contributed by atoms with Gasteiger partial charge in [-0.05, 0) is 18.2 Å². The van der Waals surface area contributed by atoms with Crippen LogP contribution in [0.3, 0.4) is 0 Å². The molecule has 1 nitrogen and oxygen atoms in total. The molecule has 5 heteroatoms. The molecule has 0 N–H and O–H groups in total. The Kier molecular flexibility index (Phi) is 3.97. The summed E-state index contributed by atoms with van der Waals surface area (Å²) >= 11 is 5.31. The lowest BCUT2D eigenvalue weighted by molar-refractivity contribution is -0.137. The van der Waals surface area contributed by atoms with Gasteiger partial charge >= 0.3 is 6.18 Å². The summed E-state index contributed by atoms with van der Waals surface area (Å²) in [5.41, 5.74) is -0.720. The van der Waals surface area contributed by atoms with Gasteiger partial charge in [0.05, 0.1) is 11.4 Å². The molecule has 1 rings (SSSR count). The largest absolute Gasteiger partial charge is 0.416 e. The maximum absolute atomic E-state index is 12.3. The number of benzene rings is 1. The van der Waals surface area contributed by atoms with Crippen molar-refractivity contribution in [3.8, 4) is 11.8 Å². The van der Waals surface area contributed by atoms with Crippen molar-refractivity contribution < 1.29 is 18.0 Å². The van der Waals surface area contributed by atoms with E-state index in [0.29, 0.717) is 6.29 Å². The fraction of sp³-hybridized carbons (Fsp3) is 0.182. The van der Waals surface area contributed by atoms with Gasteiger partial charge < -0.3 is 0 Å². The zero-order valence-electron chi connectivity index (χ0n) is 7.94. The van der Waals surface area contributed by atoms with Crippen molar-refractivity contribution in [2.75, 3.05) is 5.88 Å². The van der Waals surface area contributed by atoms with Crippen molar-refractivity contribution in [1.29, 1.82) is 0 Å². The van der Waals surface area contributed by atoms with E-state index in [2.05, 4.69) is 11.8 Å². The minimum absolute atomic E-state index is 0.0549. The fourth-order valence-electron chi connectivity index (χ4n) is 1.08. The third-order valence-electron chi connectivity index (χ3n) is 1.80. The van der Waals surface area contributed by atoms with E-state index in [-0.39, 0.29) is 17.0 Å². The van der Waals surface area contributed by atoms with Gasteiger partial charge in [0.2, 0.25) is 0 Å². The Bertz CT molecular complexity index is 455. The highest BCUT2D eigenvalue weighted by Crippen LogP contribution is 2.30. The number of alkyl halides is 4. The van der Waals surface area contributed by atoms with Crippen molar-refractivity contribution >= 4 is 17.9 Å². The van der Waals surface area contributed by atoms with Gasteiger partial charge in [-0.2, -0.15) is 13.2 Å². The van der Waals surface area contributed by atoms with Crippen LogP contribution in [0, 0.1) is 11.8 Å². The first-order valence-electron chi connectivity index (χ1n) is 4.20. The molecular weight excluding hydrogens is 241 g/mol. The molecular formula is C11H6ClF3O. The molecule has 0 spiro atoms. The van der Waals surface area contributed by atoms with Crippen LogP contribution in [0.4, 0.5) is 13.2 Å². The molecule has 1 aromatic carbocycles. The zero-order chi connectivity index (χ0) is 12.2. The summed E-state index contributed by atoms with van der Waals surface area (Å²) in [6, 6.07) is 2.81. The smallest absolute Gasteiger partial charge is 0.298 e. The number of carbonyl (C=O) groups is 1. The molecule has 16 heavy (non-hydrogen) atoms. The topological polar surface area (TPSA) is 17.1 Å². The maximum atomic E-state index is 12.3. The van der Waals surface area contributed by atoms with Gasteiger partial charge in [-0.3, -0.25) is 4.79 Å². The predicted molar refractivity (Wildman–Crippen MR) is 54.4 cm³/mol. The molecule has 0 unspecified atom stereocenters. The normalized spacial score (nSPS) is 10.5. The number of aldehydes is 1.